The van der Waals surface area contributed by atoms with E-state index in [0.29, 0.717) is 17.2 Å². The lowest BCUT2D eigenvalue weighted by atomic mass is 10.2. The molecule has 2 aromatic rings. The van der Waals surface area contributed by atoms with Crippen LogP contribution in [0.2, 0.25) is 0 Å². The van der Waals surface area contributed by atoms with Gasteiger partial charge in [0.05, 0.1) is 11.4 Å². The highest BCUT2D eigenvalue weighted by molar-refractivity contribution is 6.01. The summed E-state index contributed by atoms with van der Waals surface area (Å²) in [6, 6.07) is 9.42. The molecule has 0 spiro atoms. The third-order valence-corrected chi connectivity index (χ3v) is 3.12. The van der Waals surface area contributed by atoms with Gasteiger partial charge in [0, 0.05) is 12.4 Å². The molecular weight excluding hydrogens is 298 g/mol. The van der Waals surface area contributed by atoms with Crippen LogP contribution in [0.3, 0.4) is 0 Å². The molecule has 0 aliphatic carbocycles. The first-order chi connectivity index (χ1) is 11.6. The highest BCUT2D eigenvalue weighted by atomic mass is 15.2. The Morgan fingerprint density at radius 1 is 1.00 bits per heavy atom. The molecule has 5 heteroatoms. The zero-order valence-electron chi connectivity index (χ0n) is 14.9. The molecule has 2 aromatic heterocycles. The number of amidine groups is 1. The van der Waals surface area contributed by atoms with Crippen LogP contribution in [0.5, 0.6) is 0 Å². The van der Waals surface area contributed by atoms with Crippen LogP contribution in [-0.2, 0) is 0 Å². The molecular formula is C19H25N5. The van der Waals surface area contributed by atoms with Crippen LogP contribution >= 0.6 is 0 Å². The second kappa shape index (κ2) is 10.9. The summed E-state index contributed by atoms with van der Waals surface area (Å²) in [6.07, 6.45) is 6.11. The zero-order chi connectivity index (χ0) is 17.8. The highest BCUT2D eigenvalue weighted by Gasteiger charge is 2.02. The van der Waals surface area contributed by atoms with Gasteiger partial charge in [0.2, 0.25) is 0 Å². The van der Waals surface area contributed by atoms with Crippen molar-refractivity contribution in [2.75, 3.05) is 0 Å². The quantitative estimate of drug-likeness (QED) is 0.473. The Hall–Kier alpha value is -2.69. The summed E-state index contributed by atoms with van der Waals surface area (Å²) < 4.78 is 0. The van der Waals surface area contributed by atoms with Gasteiger partial charge in [0.1, 0.15) is 5.69 Å². The summed E-state index contributed by atoms with van der Waals surface area (Å²) in [5, 5.41) is 8.22. The molecule has 0 saturated heterocycles. The van der Waals surface area contributed by atoms with E-state index in [1.807, 2.05) is 44.2 Å². The molecule has 0 atom stereocenters. The Labute approximate surface area is 144 Å². The molecule has 24 heavy (non-hydrogen) atoms. The maximum absolute atomic E-state index is 4.25. The second-order valence-electron chi connectivity index (χ2n) is 5.20. The minimum Gasteiger partial charge on any atom is -0.255 e. The summed E-state index contributed by atoms with van der Waals surface area (Å²) in [6.45, 7) is 11.7. The lowest BCUT2D eigenvalue weighted by Crippen LogP contribution is -2.01. The number of hydrogen-bond acceptors (Lipinski definition) is 4. The van der Waals surface area contributed by atoms with Crippen LogP contribution in [0.4, 0.5) is 0 Å². The summed E-state index contributed by atoms with van der Waals surface area (Å²) in [4.78, 5) is 12.3. The molecule has 0 aliphatic heterocycles. The Morgan fingerprint density at radius 3 is 2.25 bits per heavy atom. The van der Waals surface area contributed by atoms with Crippen LogP contribution < -0.4 is 0 Å². The first-order valence-corrected chi connectivity index (χ1v) is 8.05. The van der Waals surface area contributed by atoms with Crippen molar-refractivity contribution in [3.8, 4) is 0 Å². The number of hydrogen-bond donors (Lipinski definition) is 0. The molecule has 5 nitrogen and oxygen atoms in total. The Kier molecular flexibility index (Phi) is 8.82. The van der Waals surface area contributed by atoms with Crippen molar-refractivity contribution in [2.45, 2.75) is 40.5 Å². The minimum atomic E-state index is 0.389. The average Bonchev–Trinajstić information content (AvgIpc) is 2.64. The third kappa shape index (κ3) is 6.60. The number of unbranched alkanes of at least 4 members (excludes halogenated alkanes) is 1. The number of pyridine rings is 2. The standard InChI is InChI=1S/C15H15N5.C4H10/c1-11-7-8-14(18-10-11)15(16-3)20-19-12(2)13-6-4-5-9-17-13;1-3-4-2/h4-10H,3H2,1-2H3;3-4H2,1-2H3/b19-12+,20-15-;. The highest BCUT2D eigenvalue weighted by Crippen LogP contribution is 2.03. The fourth-order valence-electron chi connectivity index (χ4n) is 1.51. The molecule has 2 rings (SSSR count). The summed E-state index contributed by atoms with van der Waals surface area (Å²) in [7, 11) is 0. The first-order valence-electron chi connectivity index (χ1n) is 8.05. The number of aromatic nitrogens is 2. The van der Waals surface area contributed by atoms with Crippen molar-refractivity contribution in [2.24, 2.45) is 15.2 Å². The molecule has 0 saturated carbocycles. The minimum absolute atomic E-state index is 0.389. The maximum atomic E-state index is 4.25. The predicted octanol–water partition coefficient (Wildman–Crippen LogP) is 4.46. The third-order valence-electron chi connectivity index (χ3n) is 3.12. The van der Waals surface area contributed by atoms with Crippen LogP contribution in [0.1, 0.15) is 50.6 Å². The van der Waals surface area contributed by atoms with E-state index in [0.717, 1.165) is 11.3 Å². The van der Waals surface area contributed by atoms with Crippen molar-refractivity contribution in [3.63, 3.8) is 0 Å². The van der Waals surface area contributed by atoms with E-state index < -0.39 is 0 Å². The summed E-state index contributed by atoms with van der Waals surface area (Å²) in [5.74, 6) is 0.389. The summed E-state index contributed by atoms with van der Waals surface area (Å²) >= 11 is 0. The molecule has 126 valence electrons. The predicted molar refractivity (Wildman–Crippen MR) is 102 cm³/mol. The van der Waals surface area contributed by atoms with Crippen LogP contribution in [0.25, 0.3) is 0 Å². The molecule has 0 unspecified atom stereocenters. The van der Waals surface area contributed by atoms with E-state index >= 15 is 0 Å². The lowest BCUT2D eigenvalue weighted by molar-refractivity contribution is 0.886. The van der Waals surface area contributed by atoms with Gasteiger partial charge in [-0.2, -0.15) is 5.10 Å². The van der Waals surface area contributed by atoms with E-state index in [1.54, 1.807) is 12.4 Å². The van der Waals surface area contributed by atoms with E-state index in [-0.39, 0.29) is 0 Å². The smallest absolute Gasteiger partial charge is 0.199 e. The normalized spacial score (nSPS) is 11.5. The van der Waals surface area contributed by atoms with Crippen molar-refractivity contribution >= 4 is 18.3 Å². The van der Waals surface area contributed by atoms with E-state index in [4.69, 9.17) is 0 Å². The van der Waals surface area contributed by atoms with Gasteiger partial charge in [-0.25, -0.2) is 4.99 Å². The van der Waals surface area contributed by atoms with Gasteiger partial charge in [0.15, 0.2) is 5.84 Å². The molecule has 0 radical (unpaired) electrons. The first kappa shape index (κ1) is 19.4. The van der Waals surface area contributed by atoms with Crippen molar-refractivity contribution in [3.05, 3.63) is 59.7 Å². The average molecular weight is 323 g/mol. The molecule has 2 heterocycles. The van der Waals surface area contributed by atoms with Crippen LogP contribution in [0.15, 0.2) is 57.9 Å². The van der Waals surface area contributed by atoms with Gasteiger partial charge < -0.3 is 0 Å². The van der Waals surface area contributed by atoms with Crippen LogP contribution in [0, 0.1) is 6.92 Å². The molecule has 0 N–H and O–H groups in total. The molecule has 0 aromatic carbocycles. The van der Waals surface area contributed by atoms with Gasteiger partial charge in [-0.1, -0.05) is 38.8 Å². The van der Waals surface area contributed by atoms with E-state index in [2.05, 4.69) is 45.7 Å². The largest absolute Gasteiger partial charge is 0.255 e. The maximum Gasteiger partial charge on any atom is 0.199 e. The SMILES string of the molecule is C=N/C(=N\N=C(/C)c1ccccn1)c1ccc(C)cn1.CCCC. The van der Waals surface area contributed by atoms with Gasteiger partial charge in [-0.3, -0.25) is 9.97 Å². The molecule has 0 aliphatic rings. The topological polar surface area (TPSA) is 62.9 Å². The van der Waals surface area contributed by atoms with Crippen molar-refractivity contribution < 1.29 is 0 Å². The van der Waals surface area contributed by atoms with Crippen molar-refractivity contribution in [1.29, 1.82) is 0 Å². The molecule has 0 fully saturated rings. The second-order valence-corrected chi connectivity index (χ2v) is 5.20. The van der Waals surface area contributed by atoms with E-state index in [9.17, 15) is 0 Å². The summed E-state index contributed by atoms with van der Waals surface area (Å²) in [5.41, 5.74) is 3.20. The number of nitrogens with zero attached hydrogens (tertiary/aromatic N) is 5. The van der Waals surface area contributed by atoms with Crippen LogP contribution in [-0.4, -0.2) is 28.2 Å². The number of rotatable bonds is 4. The van der Waals surface area contributed by atoms with Crippen molar-refractivity contribution in [1.82, 2.24) is 9.97 Å². The van der Waals surface area contributed by atoms with Gasteiger partial charge >= 0.3 is 0 Å². The monoisotopic (exact) mass is 323 g/mol. The number of aliphatic imine (C=N–C) groups is 1. The van der Waals surface area contributed by atoms with Gasteiger partial charge in [-0.05, 0) is 44.3 Å². The van der Waals surface area contributed by atoms with Gasteiger partial charge in [-0.15, -0.1) is 5.10 Å². The fraction of sp³-hybridized carbons (Fsp3) is 0.316. The van der Waals surface area contributed by atoms with E-state index in [1.165, 1.54) is 12.8 Å². The zero-order valence-corrected chi connectivity index (χ0v) is 14.9. The molecule has 0 amide bonds. The Bertz CT molecular complexity index is 671. The fourth-order valence-corrected chi connectivity index (χ4v) is 1.51. The number of aryl methyl sites for hydroxylation is 1. The van der Waals surface area contributed by atoms with Gasteiger partial charge in [0.25, 0.3) is 0 Å². The Morgan fingerprint density at radius 2 is 1.75 bits per heavy atom. The Balaban J connectivity index is 0.000000648. The lowest BCUT2D eigenvalue weighted by Gasteiger charge is -1.99. The molecule has 0 bridgehead atoms.